The fraction of sp³-hybridized carbons (Fsp3) is 0.286. The Hall–Kier alpha value is -3.58. The van der Waals surface area contributed by atoms with Crippen LogP contribution in [-0.2, 0) is 16.0 Å². The number of anilines is 1. The van der Waals surface area contributed by atoms with E-state index in [0.717, 1.165) is 23.1 Å². The van der Waals surface area contributed by atoms with Crippen molar-refractivity contribution in [3.05, 3.63) is 70.6 Å². The number of carbonyl (C=O) groups is 2. The number of hydrogen-bond donors (Lipinski definition) is 1. The van der Waals surface area contributed by atoms with Crippen LogP contribution in [0, 0.1) is 0 Å². The van der Waals surface area contributed by atoms with Crippen LogP contribution in [0.2, 0.25) is 0 Å². The highest BCUT2D eigenvalue weighted by Crippen LogP contribution is 2.36. The fourth-order valence-electron chi connectivity index (χ4n) is 3.49. The number of esters is 1. The third kappa shape index (κ3) is 6.73. The van der Waals surface area contributed by atoms with Gasteiger partial charge in [0.15, 0.2) is 11.5 Å². The van der Waals surface area contributed by atoms with Crippen LogP contribution in [-0.4, -0.2) is 31.7 Å². The Morgan fingerprint density at radius 1 is 0.914 bits per heavy atom. The lowest BCUT2D eigenvalue weighted by Crippen LogP contribution is -2.12. The second kappa shape index (κ2) is 12.8. The van der Waals surface area contributed by atoms with Gasteiger partial charge < -0.3 is 19.5 Å². The molecular formula is C28H31NO5S. The average molecular weight is 494 g/mol. The SMILES string of the molecule is CCOC(=O)c1c(-c2ccc(CC)cc2)csc1NC(=O)/C=C/c1ccc(OCC)c(OCC)c1. The summed E-state index contributed by atoms with van der Waals surface area (Å²) in [6, 6.07) is 13.5. The highest BCUT2D eigenvalue weighted by atomic mass is 32.1. The van der Waals surface area contributed by atoms with Crippen LogP contribution in [0.25, 0.3) is 17.2 Å². The Bertz CT molecular complexity index is 1180. The van der Waals surface area contributed by atoms with Gasteiger partial charge in [-0.3, -0.25) is 4.79 Å². The second-order valence-electron chi connectivity index (χ2n) is 7.52. The number of nitrogens with one attached hydrogen (secondary N) is 1. The lowest BCUT2D eigenvalue weighted by atomic mass is 10.0. The van der Waals surface area contributed by atoms with Crippen LogP contribution in [0.4, 0.5) is 5.00 Å². The highest BCUT2D eigenvalue weighted by Gasteiger charge is 2.22. The van der Waals surface area contributed by atoms with Crippen LogP contribution in [0.5, 0.6) is 11.5 Å². The average Bonchev–Trinajstić information content (AvgIpc) is 3.28. The topological polar surface area (TPSA) is 73.9 Å². The molecule has 35 heavy (non-hydrogen) atoms. The first kappa shape index (κ1) is 26.0. The van der Waals surface area contributed by atoms with E-state index in [0.29, 0.717) is 35.3 Å². The number of hydrogen-bond acceptors (Lipinski definition) is 6. The molecule has 0 unspecified atom stereocenters. The molecule has 6 nitrogen and oxygen atoms in total. The van der Waals surface area contributed by atoms with Gasteiger partial charge in [0.1, 0.15) is 10.6 Å². The lowest BCUT2D eigenvalue weighted by Gasteiger charge is -2.11. The fourth-order valence-corrected chi connectivity index (χ4v) is 4.45. The van der Waals surface area contributed by atoms with Crippen molar-refractivity contribution >= 4 is 34.3 Å². The number of carbonyl (C=O) groups excluding carboxylic acids is 2. The summed E-state index contributed by atoms with van der Waals surface area (Å²) in [4.78, 5) is 25.5. The van der Waals surface area contributed by atoms with E-state index in [-0.39, 0.29) is 12.5 Å². The number of rotatable bonds is 11. The van der Waals surface area contributed by atoms with Gasteiger partial charge in [-0.05, 0) is 62.1 Å². The van der Waals surface area contributed by atoms with Crippen molar-refractivity contribution in [2.75, 3.05) is 25.1 Å². The standard InChI is InChI=1S/C28H31NO5S/c1-5-19-9-13-21(14-10-19)22-18-35-27(26(22)28(31)34-8-4)29-25(30)16-12-20-11-15-23(32-6-2)24(17-20)33-7-3/h9-18H,5-8H2,1-4H3,(H,29,30)/b16-12+. The van der Waals surface area contributed by atoms with Crippen LogP contribution in [0.15, 0.2) is 53.9 Å². The van der Waals surface area contributed by atoms with Gasteiger partial charge in [0.05, 0.1) is 19.8 Å². The van der Waals surface area contributed by atoms with Crippen molar-refractivity contribution in [1.29, 1.82) is 0 Å². The number of aryl methyl sites for hydroxylation is 1. The zero-order valence-corrected chi connectivity index (χ0v) is 21.4. The minimum Gasteiger partial charge on any atom is -0.490 e. The summed E-state index contributed by atoms with van der Waals surface area (Å²) in [5, 5.41) is 5.16. The lowest BCUT2D eigenvalue weighted by molar-refractivity contribution is -0.111. The molecule has 1 heterocycles. The van der Waals surface area contributed by atoms with E-state index >= 15 is 0 Å². The molecule has 7 heteroatoms. The Kier molecular flexibility index (Phi) is 9.49. The molecule has 0 aliphatic heterocycles. The van der Waals surface area contributed by atoms with Gasteiger partial charge >= 0.3 is 5.97 Å². The number of ether oxygens (including phenoxy) is 3. The maximum Gasteiger partial charge on any atom is 0.341 e. The summed E-state index contributed by atoms with van der Waals surface area (Å²) >= 11 is 1.30. The molecular weight excluding hydrogens is 462 g/mol. The molecule has 1 N–H and O–H groups in total. The summed E-state index contributed by atoms with van der Waals surface area (Å²) in [6.45, 7) is 8.95. The molecule has 0 saturated carbocycles. The highest BCUT2D eigenvalue weighted by molar-refractivity contribution is 7.15. The molecule has 0 saturated heterocycles. The third-order valence-corrected chi connectivity index (χ3v) is 6.07. The van der Waals surface area contributed by atoms with Crippen molar-refractivity contribution in [3.63, 3.8) is 0 Å². The largest absolute Gasteiger partial charge is 0.490 e. The molecule has 3 rings (SSSR count). The smallest absolute Gasteiger partial charge is 0.341 e. The van der Waals surface area contributed by atoms with Crippen LogP contribution < -0.4 is 14.8 Å². The molecule has 184 valence electrons. The minimum atomic E-state index is -0.463. The van der Waals surface area contributed by atoms with Gasteiger partial charge in [-0.25, -0.2) is 4.79 Å². The zero-order valence-electron chi connectivity index (χ0n) is 20.6. The van der Waals surface area contributed by atoms with Gasteiger partial charge in [0.2, 0.25) is 5.91 Å². The Morgan fingerprint density at radius 3 is 2.29 bits per heavy atom. The summed E-state index contributed by atoms with van der Waals surface area (Å²) in [5.74, 6) is 0.471. The Labute approximate surface area is 210 Å². The van der Waals surface area contributed by atoms with E-state index in [4.69, 9.17) is 14.2 Å². The molecule has 0 bridgehead atoms. The molecule has 0 fully saturated rings. The van der Waals surface area contributed by atoms with Crippen molar-refractivity contribution in [2.24, 2.45) is 0 Å². The first-order valence-corrected chi connectivity index (χ1v) is 12.6. The normalized spacial score (nSPS) is 10.9. The first-order valence-electron chi connectivity index (χ1n) is 11.8. The predicted octanol–water partition coefficient (Wildman–Crippen LogP) is 6.60. The molecule has 0 spiro atoms. The van der Waals surface area contributed by atoms with E-state index in [9.17, 15) is 9.59 Å². The van der Waals surface area contributed by atoms with Gasteiger partial charge in [-0.15, -0.1) is 11.3 Å². The number of benzene rings is 2. The van der Waals surface area contributed by atoms with Crippen molar-refractivity contribution in [3.8, 4) is 22.6 Å². The van der Waals surface area contributed by atoms with E-state index < -0.39 is 5.97 Å². The maximum atomic E-state index is 12.8. The summed E-state index contributed by atoms with van der Waals surface area (Å²) < 4.78 is 16.5. The molecule has 0 aliphatic rings. The van der Waals surface area contributed by atoms with Crippen molar-refractivity contribution in [2.45, 2.75) is 34.1 Å². The van der Waals surface area contributed by atoms with E-state index in [1.807, 2.05) is 61.7 Å². The van der Waals surface area contributed by atoms with Crippen LogP contribution in [0.3, 0.4) is 0 Å². The molecule has 0 radical (unpaired) electrons. The first-order chi connectivity index (χ1) is 17.0. The third-order valence-electron chi connectivity index (χ3n) is 5.18. The van der Waals surface area contributed by atoms with Crippen molar-refractivity contribution < 1.29 is 23.8 Å². The summed E-state index contributed by atoms with van der Waals surface area (Å²) in [6.07, 6.45) is 4.05. The molecule has 0 atom stereocenters. The molecule has 1 amide bonds. The molecule has 3 aromatic rings. The molecule has 2 aromatic carbocycles. The zero-order chi connectivity index (χ0) is 25.2. The molecule has 0 aliphatic carbocycles. The summed E-state index contributed by atoms with van der Waals surface area (Å²) in [7, 11) is 0. The second-order valence-corrected chi connectivity index (χ2v) is 8.40. The van der Waals surface area contributed by atoms with E-state index in [1.165, 1.54) is 23.0 Å². The monoisotopic (exact) mass is 493 g/mol. The number of thiophene rings is 1. The van der Waals surface area contributed by atoms with Crippen LogP contribution in [0.1, 0.15) is 49.2 Å². The predicted molar refractivity (Wildman–Crippen MR) is 142 cm³/mol. The Morgan fingerprint density at radius 2 is 1.63 bits per heavy atom. The minimum absolute atomic E-state index is 0.246. The van der Waals surface area contributed by atoms with Gasteiger partial charge in [-0.1, -0.05) is 37.3 Å². The number of amides is 1. The van der Waals surface area contributed by atoms with Gasteiger partial charge in [-0.2, -0.15) is 0 Å². The quantitative estimate of drug-likeness (QED) is 0.240. The van der Waals surface area contributed by atoms with Gasteiger partial charge in [0, 0.05) is 17.0 Å². The molecule has 1 aromatic heterocycles. The van der Waals surface area contributed by atoms with Gasteiger partial charge in [0.25, 0.3) is 0 Å². The van der Waals surface area contributed by atoms with Crippen molar-refractivity contribution in [1.82, 2.24) is 0 Å². The van der Waals surface area contributed by atoms with E-state index in [1.54, 1.807) is 13.0 Å². The Balaban J connectivity index is 1.83. The maximum absolute atomic E-state index is 12.8. The van der Waals surface area contributed by atoms with Crippen LogP contribution >= 0.6 is 11.3 Å². The summed E-state index contributed by atoms with van der Waals surface area (Å²) in [5.41, 5.74) is 4.00. The van der Waals surface area contributed by atoms with E-state index in [2.05, 4.69) is 12.2 Å².